The number of carbonyl (C=O) groups is 1. The van der Waals surface area contributed by atoms with Crippen molar-refractivity contribution in [3.63, 3.8) is 0 Å². The van der Waals surface area contributed by atoms with Gasteiger partial charge in [0.2, 0.25) is 5.91 Å². The summed E-state index contributed by atoms with van der Waals surface area (Å²) in [4.78, 5) is 18.4. The molecule has 5 rings (SSSR count). The minimum absolute atomic E-state index is 0.228. The van der Waals surface area contributed by atoms with Crippen LogP contribution in [0.25, 0.3) is 10.2 Å². The number of aromatic nitrogens is 1. The van der Waals surface area contributed by atoms with Crippen molar-refractivity contribution >= 4 is 27.5 Å². The first-order valence-electron chi connectivity index (χ1n) is 10.9. The molecule has 5 nitrogen and oxygen atoms in total. The molecule has 1 unspecified atom stereocenters. The number of nitrogens with zero attached hydrogens (tertiary/aromatic N) is 2. The van der Waals surface area contributed by atoms with Gasteiger partial charge in [0.25, 0.3) is 5.19 Å². The van der Waals surface area contributed by atoms with Gasteiger partial charge in [0.15, 0.2) is 0 Å². The summed E-state index contributed by atoms with van der Waals surface area (Å²) in [5.41, 5.74) is 1.99. The Bertz CT molecular complexity index is 1070. The zero-order valence-electron chi connectivity index (χ0n) is 17.5. The zero-order valence-corrected chi connectivity index (χ0v) is 18.3. The van der Waals surface area contributed by atoms with Crippen LogP contribution in [-0.4, -0.2) is 40.5 Å². The zero-order chi connectivity index (χ0) is 21.4. The number of piperidine rings is 1. The first kappa shape index (κ1) is 20.4. The number of rotatable bonds is 6. The van der Waals surface area contributed by atoms with Gasteiger partial charge in [0, 0.05) is 25.0 Å². The molecule has 3 heterocycles. The second kappa shape index (κ2) is 8.55. The van der Waals surface area contributed by atoms with Crippen molar-refractivity contribution in [2.45, 2.75) is 57.2 Å². The molecule has 2 aliphatic heterocycles. The van der Waals surface area contributed by atoms with Gasteiger partial charge in [-0.25, -0.2) is 9.37 Å². The Hall–Kier alpha value is -2.51. The molecule has 1 aromatic heterocycles. The van der Waals surface area contributed by atoms with Gasteiger partial charge in [-0.15, -0.1) is 0 Å². The molecular formula is C24H26FN3O2S. The fourth-order valence-electron chi connectivity index (χ4n) is 5.02. The monoisotopic (exact) mass is 439 g/mol. The molecule has 0 aliphatic carbocycles. The number of hydrogen-bond acceptors (Lipinski definition) is 5. The molecule has 2 aliphatic rings. The Kier molecular flexibility index (Phi) is 5.63. The molecule has 1 N–H and O–H groups in total. The van der Waals surface area contributed by atoms with Gasteiger partial charge in [-0.1, -0.05) is 23.5 Å². The molecule has 2 bridgehead atoms. The van der Waals surface area contributed by atoms with E-state index in [0.29, 0.717) is 23.3 Å². The van der Waals surface area contributed by atoms with E-state index >= 15 is 0 Å². The molecule has 0 radical (unpaired) electrons. The second-order valence-corrected chi connectivity index (χ2v) is 9.51. The summed E-state index contributed by atoms with van der Waals surface area (Å²) in [6.45, 7) is 2.62. The highest BCUT2D eigenvalue weighted by atomic mass is 32.1. The Morgan fingerprint density at radius 3 is 2.65 bits per heavy atom. The molecule has 1 amide bonds. The van der Waals surface area contributed by atoms with Crippen LogP contribution in [0.3, 0.4) is 0 Å². The molecule has 2 saturated heterocycles. The number of benzene rings is 2. The summed E-state index contributed by atoms with van der Waals surface area (Å²) < 4.78 is 20.0. The van der Waals surface area contributed by atoms with E-state index in [1.807, 2.05) is 12.1 Å². The van der Waals surface area contributed by atoms with E-state index in [1.54, 1.807) is 13.0 Å². The van der Waals surface area contributed by atoms with Crippen LogP contribution in [0.4, 0.5) is 4.39 Å². The van der Waals surface area contributed by atoms with E-state index in [9.17, 15) is 9.18 Å². The van der Waals surface area contributed by atoms with Crippen molar-refractivity contribution in [1.29, 1.82) is 0 Å². The lowest BCUT2D eigenvalue weighted by Gasteiger charge is -2.38. The van der Waals surface area contributed by atoms with Gasteiger partial charge in [-0.05, 0) is 74.5 Å². The second-order valence-electron chi connectivity index (χ2n) is 8.52. The number of carbonyl (C=O) groups excluding carboxylic acids is 1. The lowest BCUT2D eigenvalue weighted by molar-refractivity contribution is -0.133. The number of hydrogen-bond donors (Lipinski definition) is 1. The number of ether oxygens (including phenoxy) is 1. The van der Waals surface area contributed by atoms with E-state index in [1.165, 1.54) is 29.0 Å². The molecular weight excluding hydrogens is 413 g/mol. The van der Waals surface area contributed by atoms with Crippen molar-refractivity contribution < 1.29 is 13.9 Å². The molecule has 3 atom stereocenters. The third-order valence-corrected chi connectivity index (χ3v) is 7.30. The van der Waals surface area contributed by atoms with Crippen LogP contribution in [0.15, 0.2) is 42.5 Å². The molecule has 2 aromatic carbocycles. The molecule has 2 fully saturated rings. The highest BCUT2D eigenvalue weighted by Crippen LogP contribution is 2.36. The van der Waals surface area contributed by atoms with Crippen molar-refractivity contribution in [2.24, 2.45) is 0 Å². The standard InChI is InChI=1S/C24H26FN3O2S/c1-15(29)28-19-5-6-20(28)14-18(13-19)26-11-10-16-2-7-21(8-3-16)30-24-27-22-9-4-17(25)12-23(22)31-24/h2-4,7-9,12,18-20,26H,5-6,10-11,13-14H2,1H3/t18?,19-,20+. The number of amides is 1. The largest absolute Gasteiger partial charge is 0.431 e. The fourth-order valence-corrected chi connectivity index (χ4v) is 5.88. The van der Waals surface area contributed by atoms with Crippen LogP contribution in [0.2, 0.25) is 0 Å². The smallest absolute Gasteiger partial charge is 0.279 e. The molecule has 0 spiro atoms. The molecule has 162 valence electrons. The average Bonchev–Trinajstić information content (AvgIpc) is 3.26. The maximum Gasteiger partial charge on any atom is 0.279 e. The van der Waals surface area contributed by atoms with Crippen molar-refractivity contribution in [3.8, 4) is 10.9 Å². The van der Waals surface area contributed by atoms with Crippen molar-refractivity contribution in [2.75, 3.05) is 6.54 Å². The SMILES string of the molecule is CC(=O)N1[C@@H]2CC[C@H]1CC(NCCc1ccc(Oc3nc4ccc(F)cc4s3)cc1)C2. The maximum absolute atomic E-state index is 13.3. The first-order chi connectivity index (χ1) is 15.0. The third kappa shape index (κ3) is 4.43. The van der Waals surface area contributed by atoms with Crippen molar-refractivity contribution in [3.05, 3.63) is 53.8 Å². The summed E-state index contributed by atoms with van der Waals surface area (Å²) in [7, 11) is 0. The third-order valence-electron chi connectivity index (χ3n) is 6.40. The molecule has 3 aromatic rings. The Morgan fingerprint density at radius 2 is 1.94 bits per heavy atom. The lowest BCUT2D eigenvalue weighted by atomic mass is 9.97. The minimum atomic E-state index is -0.266. The Labute approximate surface area is 185 Å². The normalized spacial score (nSPS) is 22.8. The Morgan fingerprint density at radius 1 is 1.19 bits per heavy atom. The number of halogens is 1. The van der Waals surface area contributed by atoms with Gasteiger partial charge >= 0.3 is 0 Å². The topological polar surface area (TPSA) is 54.5 Å². The summed E-state index contributed by atoms with van der Waals surface area (Å²) in [5, 5.41) is 4.21. The van der Waals surface area contributed by atoms with Crippen LogP contribution >= 0.6 is 11.3 Å². The van der Waals surface area contributed by atoms with Crippen LogP contribution in [0, 0.1) is 5.82 Å². The highest BCUT2D eigenvalue weighted by Gasteiger charge is 2.41. The van der Waals surface area contributed by atoms with E-state index in [4.69, 9.17) is 4.74 Å². The van der Waals surface area contributed by atoms with Crippen LogP contribution in [0.1, 0.15) is 38.2 Å². The van der Waals surface area contributed by atoms with Crippen molar-refractivity contribution in [1.82, 2.24) is 15.2 Å². The summed E-state index contributed by atoms with van der Waals surface area (Å²) in [5.74, 6) is 0.688. The van der Waals surface area contributed by atoms with E-state index < -0.39 is 0 Å². The summed E-state index contributed by atoms with van der Waals surface area (Å²) in [6, 6.07) is 13.9. The first-order valence-corrected chi connectivity index (χ1v) is 11.7. The quantitative estimate of drug-likeness (QED) is 0.593. The van der Waals surface area contributed by atoms with Crippen LogP contribution in [-0.2, 0) is 11.2 Å². The number of nitrogens with one attached hydrogen (secondary N) is 1. The van der Waals surface area contributed by atoms with Gasteiger partial charge < -0.3 is 15.0 Å². The van der Waals surface area contributed by atoms with Crippen LogP contribution in [0.5, 0.6) is 10.9 Å². The van der Waals surface area contributed by atoms with Gasteiger partial charge in [0.1, 0.15) is 11.6 Å². The minimum Gasteiger partial charge on any atom is -0.431 e. The van der Waals surface area contributed by atoms with Gasteiger partial charge in [-0.3, -0.25) is 4.79 Å². The van der Waals surface area contributed by atoms with E-state index in [-0.39, 0.29) is 11.7 Å². The number of thiazole rings is 1. The Balaban J connectivity index is 1.12. The van der Waals surface area contributed by atoms with E-state index in [2.05, 4.69) is 27.3 Å². The van der Waals surface area contributed by atoms with E-state index in [0.717, 1.165) is 54.6 Å². The fraction of sp³-hybridized carbons (Fsp3) is 0.417. The summed E-state index contributed by atoms with van der Waals surface area (Å²) >= 11 is 1.34. The van der Waals surface area contributed by atoms with Gasteiger partial charge in [-0.2, -0.15) is 0 Å². The predicted molar refractivity (Wildman–Crippen MR) is 120 cm³/mol. The summed E-state index contributed by atoms with van der Waals surface area (Å²) in [6.07, 6.45) is 5.37. The lowest BCUT2D eigenvalue weighted by Crippen LogP contribution is -2.51. The molecule has 0 saturated carbocycles. The maximum atomic E-state index is 13.3. The predicted octanol–water partition coefficient (Wildman–Crippen LogP) is 4.90. The average molecular weight is 440 g/mol. The number of fused-ring (bicyclic) bond motifs is 3. The van der Waals surface area contributed by atoms with Crippen LogP contribution < -0.4 is 10.1 Å². The molecule has 31 heavy (non-hydrogen) atoms. The molecule has 7 heteroatoms. The highest BCUT2D eigenvalue weighted by molar-refractivity contribution is 7.20. The van der Waals surface area contributed by atoms with Gasteiger partial charge in [0.05, 0.1) is 10.2 Å².